The Kier molecular flexibility index (Phi) is 2.47. The highest BCUT2D eigenvalue weighted by molar-refractivity contribution is 4.99. The predicted octanol–water partition coefficient (Wildman–Crippen LogP) is 0.868. The van der Waals surface area contributed by atoms with Crippen LogP contribution in [0.15, 0.2) is 4.52 Å². The molecule has 2 N–H and O–H groups in total. The van der Waals surface area contributed by atoms with Crippen molar-refractivity contribution in [3.8, 4) is 0 Å². The van der Waals surface area contributed by atoms with Gasteiger partial charge >= 0.3 is 0 Å². The number of hydrogen-bond acceptors (Lipinski definition) is 4. The smallest absolute Gasteiger partial charge is 0.227 e. The van der Waals surface area contributed by atoms with E-state index < -0.39 is 0 Å². The number of nitrogens with zero attached hydrogens (tertiary/aromatic N) is 2. The summed E-state index contributed by atoms with van der Waals surface area (Å²) in [4.78, 5) is 4.21. The molecular weight excluding hydrogens is 154 g/mol. The first-order valence-electron chi connectivity index (χ1n) is 4.07. The van der Waals surface area contributed by atoms with Gasteiger partial charge in [-0.2, -0.15) is 4.98 Å². The lowest BCUT2D eigenvalue weighted by Gasteiger charge is -2.10. The molecule has 4 nitrogen and oxygen atoms in total. The summed E-state index contributed by atoms with van der Waals surface area (Å²) in [7, 11) is 0. The van der Waals surface area contributed by atoms with Crippen LogP contribution in [0.1, 0.15) is 32.5 Å². The summed E-state index contributed by atoms with van der Waals surface area (Å²) in [5.74, 6) is 1.37. The Balaban J connectivity index is 2.77. The number of rotatable bonds is 2. The summed E-state index contributed by atoms with van der Waals surface area (Å²) in [5.41, 5.74) is 5.31. The molecule has 0 saturated heterocycles. The molecule has 1 heterocycles. The molecule has 0 bridgehead atoms. The molecule has 0 atom stereocenters. The molecule has 68 valence electrons. The van der Waals surface area contributed by atoms with Gasteiger partial charge in [-0.3, -0.25) is 0 Å². The maximum absolute atomic E-state index is 5.35. The molecule has 4 heteroatoms. The van der Waals surface area contributed by atoms with Gasteiger partial charge in [0.2, 0.25) is 5.89 Å². The first-order valence-corrected chi connectivity index (χ1v) is 4.07. The van der Waals surface area contributed by atoms with Crippen molar-refractivity contribution in [2.45, 2.75) is 32.6 Å². The van der Waals surface area contributed by atoms with Crippen LogP contribution < -0.4 is 5.73 Å². The summed E-state index contributed by atoms with van der Waals surface area (Å²) in [6.07, 6.45) is 0.656. The molecular formula is C8H15N3O. The second kappa shape index (κ2) is 3.23. The topological polar surface area (TPSA) is 64.9 Å². The summed E-state index contributed by atoms with van der Waals surface area (Å²) in [6, 6.07) is 0. The third kappa shape index (κ3) is 2.04. The van der Waals surface area contributed by atoms with Crippen LogP contribution in [0.3, 0.4) is 0 Å². The van der Waals surface area contributed by atoms with Crippen LogP contribution in [0.5, 0.6) is 0 Å². The fraction of sp³-hybridized carbons (Fsp3) is 0.750. The summed E-state index contributed by atoms with van der Waals surface area (Å²) < 4.78 is 4.99. The van der Waals surface area contributed by atoms with Crippen molar-refractivity contribution in [1.82, 2.24) is 10.1 Å². The lowest BCUT2D eigenvalue weighted by molar-refractivity contribution is 0.364. The Hall–Kier alpha value is -0.900. The van der Waals surface area contributed by atoms with E-state index in [9.17, 15) is 0 Å². The molecule has 0 fully saturated rings. The van der Waals surface area contributed by atoms with E-state index in [1.54, 1.807) is 0 Å². The highest BCUT2D eigenvalue weighted by Crippen LogP contribution is 2.18. The highest BCUT2D eigenvalue weighted by atomic mass is 16.5. The van der Waals surface area contributed by atoms with E-state index in [0.717, 1.165) is 5.82 Å². The zero-order valence-electron chi connectivity index (χ0n) is 7.79. The fourth-order valence-electron chi connectivity index (χ4n) is 0.785. The normalized spacial score (nSPS) is 12.0. The minimum absolute atomic E-state index is 0.0453. The van der Waals surface area contributed by atoms with Crippen LogP contribution in [0.2, 0.25) is 0 Å². The van der Waals surface area contributed by atoms with Crippen molar-refractivity contribution in [3.05, 3.63) is 11.7 Å². The Labute approximate surface area is 72.1 Å². The van der Waals surface area contributed by atoms with E-state index in [2.05, 4.69) is 10.1 Å². The van der Waals surface area contributed by atoms with E-state index in [1.165, 1.54) is 0 Å². The van der Waals surface area contributed by atoms with Crippen LogP contribution in [0, 0.1) is 0 Å². The zero-order chi connectivity index (χ0) is 9.19. The van der Waals surface area contributed by atoms with E-state index in [4.69, 9.17) is 10.3 Å². The average Bonchev–Trinajstić information content (AvgIpc) is 2.35. The maximum Gasteiger partial charge on any atom is 0.227 e. The van der Waals surface area contributed by atoms with Crippen molar-refractivity contribution >= 4 is 0 Å². The van der Waals surface area contributed by atoms with Crippen molar-refractivity contribution in [3.63, 3.8) is 0 Å². The van der Waals surface area contributed by atoms with Gasteiger partial charge in [-0.1, -0.05) is 25.9 Å². The lowest BCUT2D eigenvalue weighted by Crippen LogP contribution is -2.13. The van der Waals surface area contributed by atoms with Gasteiger partial charge in [0, 0.05) is 18.4 Å². The number of aromatic nitrogens is 2. The van der Waals surface area contributed by atoms with Gasteiger partial charge in [-0.25, -0.2) is 0 Å². The second-order valence-corrected chi connectivity index (χ2v) is 3.80. The second-order valence-electron chi connectivity index (χ2n) is 3.80. The van der Waals surface area contributed by atoms with Gasteiger partial charge in [0.05, 0.1) is 0 Å². The van der Waals surface area contributed by atoms with E-state index in [1.807, 2.05) is 20.8 Å². The van der Waals surface area contributed by atoms with E-state index in [0.29, 0.717) is 18.9 Å². The zero-order valence-corrected chi connectivity index (χ0v) is 7.79. The van der Waals surface area contributed by atoms with Crippen molar-refractivity contribution in [1.29, 1.82) is 0 Å². The van der Waals surface area contributed by atoms with Crippen LogP contribution >= 0.6 is 0 Å². The quantitative estimate of drug-likeness (QED) is 0.713. The molecule has 0 radical (unpaired) electrons. The average molecular weight is 169 g/mol. The first-order chi connectivity index (χ1) is 5.54. The summed E-state index contributed by atoms with van der Waals surface area (Å²) in [5, 5.41) is 3.86. The van der Waals surface area contributed by atoms with Crippen molar-refractivity contribution < 1.29 is 4.52 Å². The summed E-state index contributed by atoms with van der Waals surface area (Å²) in [6.45, 7) is 6.68. The largest absolute Gasteiger partial charge is 0.339 e. The molecule has 1 rings (SSSR count). The number of nitrogens with two attached hydrogens (primary N) is 1. The molecule has 0 amide bonds. The Morgan fingerprint density at radius 3 is 2.50 bits per heavy atom. The molecule has 1 aromatic rings. The summed E-state index contributed by atoms with van der Waals surface area (Å²) >= 11 is 0. The Morgan fingerprint density at radius 1 is 1.42 bits per heavy atom. The van der Waals surface area contributed by atoms with Gasteiger partial charge in [0.25, 0.3) is 0 Å². The lowest BCUT2D eigenvalue weighted by atomic mass is 9.96. The van der Waals surface area contributed by atoms with E-state index in [-0.39, 0.29) is 5.41 Å². The molecule has 0 spiro atoms. The SMILES string of the molecule is CC(C)(C)c1noc(CCN)n1. The highest BCUT2D eigenvalue weighted by Gasteiger charge is 2.20. The molecule has 0 aliphatic heterocycles. The molecule has 12 heavy (non-hydrogen) atoms. The fourth-order valence-corrected chi connectivity index (χ4v) is 0.785. The monoisotopic (exact) mass is 169 g/mol. The maximum atomic E-state index is 5.35. The molecule has 1 aromatic heterocycles. The van der Waals surface area contributed by atoms with Crippen molar-refractivity contribution in [2.75, 3.05) is 6.54 Å². The Bertz CT molecular complexity index is 249. The van der Waals surface area contributed by atoms with Gasteiger partial charge < -0.3 is 10.3 Å². The van der Waals surface area contributed by atoms with Gasteiger partial charge in [-0.15, -0.1) is 0 Å². The van der Waals surface area contributed by atoms with Crippen LogP contribution in [0.4, 0.5) is 0 Å². The number of hydrogen-bond donors (Lipinski definition) is 1. The Morgan fingerprint density at radius 2 is 2.08 bits per heavy atom. The predicted molar refractivity (Wildman–Crippen MR) is 45.8 cm³/mol. The van der Waals surface area contributed by atoms with Crippen LogP contribution in [-0.4, -0.2) is 16.7 Å². The van der Waals surface area contributed by atoms with E-state index >= 15 is 0 Å². The van der Waals surface area contributed by atoms with Gasteiger partial charge in [0.15, 0.2) is 5.82 Å². The minimum atomic E-state index is -0.0453. The third-order valence-electron chi connectivity index (χ3n) is 1.50. The minimum Gasteiger partial charge on any atom is -0.339 e. The van der Waals surface area contributed by atoms with Crippen LogP contribution in [0.25, 0.3) is 0 Å². The molecule has 0 aromatic carbocycles. The van der Waals surface area contributed by atoms with Crippen LogP contribution in [-0.2, 0) is 11.8 Å². The molecule has 0 aliphatic carbocycles. The van der Waals surface area contributed by atoms with Gasteiger partial charge in [-0.05, 0) is 0 Å². The molecule has 0 saturated carbocycles. The molecule has 0 unspecified atom stereocenters. The first kappa shape index (κ1) is 9.19. The third-order valence-corrected chi connectivity index (χ3v) is 1.50. The van der Waals surface area contributed by atoms with Crippen molar-refractivity contribution in [2.24, 2.45) is 5.73 Å². The van der Waals surface area contributed by atoms with Gasteiger partial charge in [0.1, 0.15) is 0 Å². The molecule has 0 aliphatic rings. The standard InChI is InChI=1S/C8H15N3O/c1-8(2,3)7-10-6(4-5-9)12-11-7/h4-5,9H2,1-3H3.